The molecule has 21 heavy (non-hydrogen) atoms. The lowest BCUT2D eigenvalue weighted by molar-refractivity contribution is -0.143. The van der Waals surface area contributed by atoms with Gasteiger partial charge in [-0.3, -0.25) is 4.79 Å². The van der Waals surface area contributed by atoms with E-state index in [9.17, 15) is 14.0 Å². The molecule has 1 aromatic carbocycles. The third-order valence-electron chi connectivity index (χ3n) is 3.28. The summed E-state index contributed by atoms with van der Waals surface area (Å²) in [7, 11) is 0. The number of hydrogen-bond donors (Lipinski definition) is 2. The van der Waals surface area contributed by atoms with Crippen LogP contribution in [0.15, 0.2) is 30.3 Å². The number of carbonyl (C=O) groups excluding carboxylic acids is 1. The Kier molecular flexibility index (Phi) is 6.59. The van der Waals surface area contributed by atoms with Crippen LogP contribution in [-0.2, 0) is 9.59 Å². The van der Waals surface area contributed by atoms with E-state index in [4.69, 9.17) is 5.11 Å². The van der Waals surface area contributed by atoms with Gasteiger partial charge in [0.05, 0.1) is 0 Å². The van der Waals surface area contributed by atoms with Crippen LogP contribution in [0.1, 0.15) is 32.3 Å². The molecule has 2 atom stereocenters. The normalized spacial score (nSPS) is 13.9. The van der Waals surface area contributed by atoms with E-state index in [1.54, 1.807) is 31.2 Å². The summed E-state index contributed by atoms with van der Waals surface area (Å²) in [4.78, 5) is 22.8. The molecule has 0 saturated heterocycles. The van der Waals surface area contributed by atoms with Crippen LogP contribution in [0.2, 0.25) is 0 Å². The summed E-state index contributed by atoms with van der Waals surface area (Å²) >= 11 is 0. The molecule has 0 aliphatic heterocycles. The maximum Gasteiger partial charge on any atom is 0.326 e. The standard InChI is InChI=1S/C16H20FNO3/c1-3-11(2)15(16(20)21)18-14(19)6-4-5-12-7-9-13(17)10-8-12/h4-5,7-11,15H,3,6H2,1-2H3,(H,18,19)(H,20,21)/b5-4+/t11-,15-/m0/s1. The van der Waals surface area contributed by atoms with Crippen molar-refractivity contribution < 1.29 is 19.1 Å². The van der Waals surface area contributed by atoms with Gasteiger partial charge >= 0.3 is 5.97 Å². The van der Waals surface area contributed by atoms with E-state index >= 15 is 0 Å². The molecule has 0 aliphatic rings. The molecule has 0 bridgehead atoms. The van der Waals surface area contributed by atoms with Crippen LogP contribution in [0.3, 0.4) is 0 Å². The highest BCUT2D eigenvalue weighted by atomic mass is 19.1. The Hall–Kier alpha value is -2.17. The van der Waals surface area contributed by atoms with E-state index < -0.39 is 12.0 Å². The van der Waals surface area contributed by atoms with Crippen LogP contribution < -0.4 is 5.32 Å². The lowest BCUT2D eigenvalue weighted by Crippen LogP contribution is -2.44. The number of carbonyl (C=O) groups is 2. The molecule has 1 rings (SSSR count). The molecular weight excluding hydrogens is 273 g/mol. The number of benzene rings is 1. The summed E-state index contributed by atoms with van der Waals surface area (Å²) in [6.45, 7) is 3.66. The maximum absolute atomic E-state index is 12.7. The molecule has 0 heterocycles. The molecule has 2 N–H and O–H groups in total. The SMILES string of the molecule is CC[C@H](C)[C@H](NC(=O)C/C=C/c1ccc(F)cc1)C(=O)O. The van der Waals surface area contributed by atoms with E-state index in [1.807, 2.05) is 6.92 Å². The zero-order chi connectivity index (χ0) is 15.8. The molecule has 4 nitrogen and oxygen atoms in total. The highest BCUT2D eigenvalue weighted by molar-refractivity contribution is 5.84. The van der Waals surface area contributed by atoms with Gasteiger partial charge < -0.3 is 10.4 Å². The van der Waals surface area contributed by atoms with E-state index in [-0.39, 0.29) is 24.1 Å². The first-order chi connectivity index (χ1) is 9.93. The topological polar surface area (TPSA) is 66.4 Å². The first-order valence-corrected chi connectivity index (χ1v) is 6.88. The van der Waals surface area contributed by atoms with Crippen LogP contribution in [0.4, 0.5) is 4.39 Å². The van der Waals surface area contributed by atoms with Gasteiger partial charge in [0.2, 0.25) is 5.91 Å². The Balaban J connectivity index is 2.53. The van der Waals surface area contributed by atoms with Crippen molar-refractivity contribution in [1.29, 1.82) is 0 Å². The minimum absolute atomic E-state index is 0.0809. The van der Waals surface area contributed by atoms with Gasteiger partial charge in [-0.2, -0.15) is 0 Å². The lowest BCUT2D eigenvalue weighted by Gasteiger charge is -2.19. The third kappa shape index (κ3) is 5.77. The van der Waals surface area contributed by atoms with Crippen molar-refractivity contribution in [1.82, 2.24) is 5.32 Å². The quantitative estimate of drug-likeness (QED) is 0.812. The van der Waals surface area contributed by atoms with Crippen molar-refractivity contribution in [3.05, 3.63) is 41.7 Å². The number of halogens is 1. The summed E-state index contributed by atoms with van der Waals surface area (Å²) in [6.07, 6.45) is 4.07. The maximum atomic E-state index is 12.7. The Morgan fingerprint density at radius 3 is 2.48 bits per heavy atom. The van der Waals surface area contributed by atoms with Crippen molar-refractivity contribution in [2.24, 2.45) is 5.92 Å². The third-order valence-corrected chi connectivity index (χ3v) is 3.28. The average molecular weight is 293 g/mol. The zero-order valence-corrected chi connectivity index (χ0v) is 12.2. The van der Waals surface area contributed by atoms with Gasteiger partial charge in [-0.1, -0.05) is 44.6 Å². The zero-order valence-electron chi connectivity index (χ0n) is 12.2. The van der Waals surface area contributed by atoms with Gasteiger partial charge in [0, 0.05) is 6.42 Å². The number of carboxylic acids is 1. The van der Waals surface area contributed by atoms with Crippen molar-refractivity contribution in [3.8, 4) is 0 Å². The predicted octanol–water partition coefficient (Wildman–Crippen LogP) is 2.84. The molecule has 0 spiro atoms. The highest BCUT2D eigenvalue weighted by Gasteiger charge is 2.24. The number of aliphatic carboxylic acids is 1. The van der Waals surface area contributed by atoms with Gasteiger partial charge in [0.25, 0.3) is 0 Å². The van der Waals surface area contributed by atoms with Crippen LogP contribution in [0.25, 0.3) is 6.08 Å². The molecule has 5 heteroatoms. The first-order valence-electron chi connectivity index (χ1n) is 6.88. The monoisotopic (exact) mass is 293 g/mol. The molecule has 0 fully saturated rings. The van der Waals surface area contributed by atoms with Crippen molar-refractivity contribution >= 4 is 18.0 Å². The minimum atomic E-state index is -1.03. The number of carboxylic acid groups (broad SMARTS) is 1. The molecule has 0 radical (unpaired) electrons. The second-order valence-electron chi connectivity index (χ2n) is 4.93. The van der Waals surface area contributed by atoms with Gasteiger partial charge in [-0.05, 0) is 23.6 Å². The molecule has 1 amide bonds. The number of amides is 1. The van der Waals surface area contributed by atoms with E-state index in [1.165, 1.54) is 12.1 Å². The molecule has 0 saturated carbocycles. The smallest absolute Gasteiger partial charge is 0.326 e. The second kappa shape index (κ2) is 8.19. The van der Waals surface area contributed by atoms with Gasteiger partial charge in [0.15, 0.2) is 0 Å². The average Bonchev–Trinajstić information content (AvgIpc) is 2.45. The molecule has 0 aliphatic carbocycles. The Labute approximate surface area is 123 Å². The fourth-order valence-corrected chi connectivity index (χ4v) is 1.79. The summed E-state index contributed by atoms with van der Waals surface area (Å²) < 4.78 is 12.7. The Bertz CT molecular complexity index is 511. The number of hydrogen-bond acceptors (Lipinski definition) is 2. The van der Waals surface area contributed by atoms with Crippen LogP contribution >= 0.6 is 0 Å². The van der Waals surface area contributed by atoms with E-state index in [2.05, 4.69) is 5.32 Å². The molecular formula is C16H20FNO3. The Morgan fingerprint density at radius 1 is 1.33 bits per heavy atom. The lowest BCUT2D eigenvalue weighted by atomic mass is 9.99. The van der Waals surface area contributed by atoms with Crippen molar-refractivity contribution in [2.45, 2.75) is 32.7 Å². The fraction of sp³-hybridized carbons (Fsp3) is 0.375. The van der Waals surface area contributed by atoms with Crippen LogP contribution in [0, 0.1) is 11.7 Å². The van der Waals surface area contributed by atoms with Crippen molar-refractivity contribution in [3.63, 3.8) is 0 Å². The molecule has 1 aromatic rings. The summed E-state index contributed by atoms with van der Waals surface area (Å²) in [5, 5.41) is 11.6. The minimum Gasteiger partial charge on any atom is -0.480 e. The number of nitrogens with one attached hydrogen (secondary N) is 1. The molecule has 0 aromatic heterocycles. The molecule has 0 unspecified atom stereocenters. The second-order valence-corrected chi connectivity index (χ2v) is 4.93. The van der Waals surface area contributed by atoms with Crippen LogP contribution in [-0.4, -0.2) is 23.0 Å². The summed E-state index contributed by atoms with van der Waals surface area (Å²) in [6, 6.07) is 5.00. The highest BCUT2D eigenvalue weighted by Crippen LogP contribution is 2.09. The summed E-state index contributed by atoms with van der Waals surface area (Å²) in [5.41, 5.74) is 0.779. The Morgan fingerprint density at radius 2 is 1.95 bits per heavy atom. The van der Waals surface area contributed by atoms with Crippen LogP contribution in [0.5, 0.6) is 0 Å². The van der Waals surface area contributed by atoms with Gasteiger partial charge in [0.1, 0.15) is 11.9 Å². The van der Waals surface area contributed by atoms with E-state index in [0.717, 1.165) is 5.56 Å². The fourth-order valence-electron chi connectivity index (χ4n) is 1.79. The predicted molar refractivity (Wildman–Crippen MR) is 79.1 cm³/mol. The molecule has 114 valence electrons. The number of rotatable bonds is 7. The van der Waals surface area contributed by atoms with Gasteiger partial charge in [-0.15, -0.1) is 0 Å². The van der Waals surface area contributed by atoms with Gasteiger partial charge in [-0.25, -0.2) is 9.18 Å². The summed E-state index contributed by atoms with van der Waals surface area (Å²) in [5.74, 6) is -1.82. The van der Waals surface area contributed by atoms with Crippen molar-refractivity contribution in [2.75, 3.05) is 0 Å². The first kappa shape index (κ1) is 16.9. The largest absolute Gasteiger partial charge is 0.480 e. The van der Waals surface area contributed by atoms with E-state index in [0.29, 0.717) is 6.42 Å².